The van der Waals surface area contributed by atoms with Gasteiger partial charge < -0.3 is 10.1 Å². The predicted molar refractivity (Wildman–Crippen MR) is 85.7 cm³/mol. The molecule has 1 fully saturated rings. The Morgan fingerprint density at radius 2 is 2.24 bits per heavy atom. The summed E-state index contributed by atoms with van der Waals surface area (Å²) < 4.78 is 33.4. The fourth-order valence-corrected chi connectivity index (χ4v) is 4.45. The highest BCUT2D eigenvalue weighted by Crippen LogP contribution is 2.24. The largest absolute Gasteiger partial charge is 0.380 e. The van der Waals surface area contributed by atoms with Crippen LogP contribution in [-0.2, 0) is 21.3 Å². The highest BCUT2D eigenvalue weighted by atomic mass is 79.9. The van der Waals surface area contributed by atoms with E-state index in [9.17, 15) is 8.42 Å². The molecule has 118 valence electrons. The Morgan fingerprint density at radius 1 is 1.43 bits per heavy atom. The number of halogens is 1. The van der Waals surface area contributed by atoms with Crippen molar-refractivity contribution in [1.82, 2.24) is 10.0 Å². The van der Waals surface area contributed by atoms with Crippen molar-refractivity contribution in [3.05, 3.63) is 28.2 Å². The van der Waals surface area contributed by atoms with Crippen molar-refractivity contribution in [1.29, 1.82) is 0 Å². The first-order valence-corrected chi connectivity index (χ1v) is 9.40. The Balaban J connectivity index is 2.14. The molecule has 7 heteroatoms. The summed E-state index contributed by atoms with van der Waals surface area (Å²) in [5.41, 5.74) is 0.953. The normalized spacial score (nSPS) is 19.0. The van der Waals surface area contributed by atoms with Crippen LogP contribution in [0, 0.1) is 0 Å². The van der Waals surface area contributed by atoms with Crippen molar-refractivity contribution in [3.63, 3.8) is 0 Å². The van der Waals surface area contributed by atoms with Crippen LogP contribution in [-0.4, -0.2) is 34.2 Å². The topological polar surface area (TPSA) is 67.4 Å². The van der Waals surface area contributed by atoms with Crippen LogP contribution in [0.2, 0.25) is 0 Å². The second-order valence-corrected chi connectivity index (χ2v) is 7.66. The summed E-state index contributed by atoms with van der Waals surface area (Å²) in [6.45, 7) is 4.72. The zero-order valence-corrected chi connectivity index (χ0v) is 14.5. The van der Waals surface area contributed by atoms with Crippen LogP contribution >= 0.6 is 15.9 Å². The summed E-state index contributed by atoms with van der Waals surface area (Å²) in [5, 5.41) is 3.27. The Morgan fingerprint density at radius 3 is 2.90 bits per heavy atom. The Hall–Kier alpha value is -0.470. The molecule has 1 heterocycles. The van der Waals surface area contributed by atoms with Gasteiger partial charge in [0.15, 0.2) is 0 Å². The molecular formula is C14H21BrN2O3S. The molecule has 2 N–H and O–H groups in total. The maximum absolute atomic E-state index is 12.5. The lowest BCUT2D eigenvalue weighted by atomic mass is 10.2. The van der Waals surface area contributed by atoms with Gasteiger partial charge in [0.05, 0.1) is 11.5 Å². The molecule has 1 aromatic rings. The maximum Gasteiger partial charge on any atom is 0.242 e. The number of sulfonamides is 1. The summed E-state index contributed by atoms with van der Waals surface area (Å²) in [7, 11) is -3.53. The maximum atomic E-state index is 12.5. The lowest BCUT2D eigenvalue weighted by Crippen LogP contribution is -2.35. The summed E-state index contributed by atoms with van der Waals surface area (Å²) in [5.74, 6) is 0. The van der Waals surface area contributed by atoms with E-state index >= 15 is 0 Å². The van der Waals surface area contributed by atoms with Crippen molar-refractivity contribution in [2.24, 2.45) is 0 Å². The molecule has 1 atom stereocenters. The fourth-order valence-electron chi connectivity index (χ4n) is 2.18. The number of rotatable bonds is 7. The molecule has 1 saturated heterocycles. The van der Waals surface area contributed by atoms with Gasteiger partial charge in [0, 0.05) is 23.7 Å². The van der Waals surface area contributed by atoms with Crippen molar-refractivity contribution >= 4 is 26.0 Å². The average molecular weight is 377 g/mol. The highest BCUT2D eigenvalue weighted by Gasteiger charge is 2.25. The molecule has 1 aliphatic rings. The number of benzene rings is 1. The van der Waals surface area contributed by atoms with Gasteiger partial charge in [-0.15, -0.1) is 0 Å². The molecular weight excluding hydrogens is 356 g/mol. The van der Waals surface area contributed by atoms with Crippen molar-refractivity contribution in [2.75, 3.05) is 19.8 Å². The van der Waals surface area contributed by atoms with Crippen LogP contribution in [0.3, 0.4) is 0 Å². The van der Waals surface area contributed by atoms with Gasteiger partial charge >= 0.3 is 0 Å². The van der Waals surface area contributed by atoms with Gasteiger partial charge in [0.1, 0.15) is 0 Å². The zero-order valence-electron chi connectivity index (χ0n) is 12.1. The molecule has 5 nitrogen and oxygen atoms in total. The van der Waals surface area contributed by atoms with Gasteiger partial charge in [0.25, 0.3) is 0 Å². The molecule has 1 unspecified atom stereocenters. The summed E-state index contributed by atoms with van der Waals surface area (Å²) in [4.78, 5) is 0.283. The summed E-state index contributed by atoms with van der Waals surface area (Å²) in [6, 6.07) is 5.28. The predicted octanol–water partition coefficient (Wildman–Crippen LogP) is 2.02. The Labute approximate surface area is 134 Å². The van der Waals surface area contributed by atoms with Crippen molar-refractivity contribution in [2.45, 2.75) is 37.2 Å². The Bertz CT molecular complexity index is 572. The van der Waals surface area contributed by atoms with E-state index in [-0.39, 0.29) is 10.9 Å². The van der Waals surface area contributed by atoms with Gasteiger partial charge in [-0.1, -0.05) is 13.0 Å². The van der Waals surface area contributed by atoms with Crippen LogP contribution in [0.5, 0.6) is 0 Å². The highest BCUT2D eigenvalue weighted by molar-refractivity contribution is 9.10. The van der Waals surface area contributed by atoms with Gasteiger partial charge in [-0.25, -0.2) is 13.1 Å². The van der Waals surface area contributed by atoms with E-state index in [0.717, 1.165) is 18.5 Å². The van der Waals surface area contributed by atoms with Crippen LogP contribution in [0.25, 0.3) is 0 Å². The number of hydrogen-bond acceptors (Lipinski definition) is 4. The molecule has 2 rings (SSSR count). The monoisotopic (exact) mass is 376 g/mol. The molecule has 1 aliphatic heterocycles. The molecule has 0 bridgehead atoms. The average Bonchev–Trinajstić information content (AvgIpc) is 2.93. The summed E-state index contributed by atoms with van der Waals surface area (Å²) in [6.07, 6.45) is 1.76. The first kappa shape index (κ1) is 16.9. The first-order chi connectivity index (χ1) is 10.0. The van der Waals surface area contributed by atoms with Gasteiger partial charge in [-0.3, -0.25) is 0 Å². The lowest BCUT2D eigenvalue weighted by Gasteiger charge is -2.14. The molecule has 0 aliphatic carbocycles. The minimum absolute atomic E-state index is 0.135. The third-order valence-corrected chi connectivity index (χ3v) is 5.81. The van der Waals surface area contributed by atoms with Gasteiger partial charge in [-0.2, -0.15) is 0 Å². The van der Waals surface area contributed by atoms with Crippen LogP contribution in [0.4, 0.5) is 0 Å². The minimum atomic E-state index is -3.53. The first-order valence-electron chi connectivity index (χ1n) is 7.12. The van der Waals surface area contributed by atoms with Gasteiger partial charge in [-0.05, 0) is 53.0 Å². The van der Waals surface area contributed by atoms with Crippen LogP contribution in [0.1, 0.15) is 25.3 Å². The molecule has 0 saturated carbocycles. The second kappa shape index (κ2) is 7.69. The molecule has 0 amide bonds. The SMILES string of the molecule is CCCNCc1ccc(Br)c(S(=O)(=O)NC2CCOC2)c1. The van der Waals surface area contributed by atoms with Crippen LogP contribution in [0.15, 0.2) is 27.6 Å². The molecule has 0 radical (unpaired) electrons. The van der Waals surface area contributed by atoms with E-state index < -0.39 is 10.0 Å². The van der Waals surface area contributed by atoms with E-state index in [1.165, 1.54) is 0 Å². The summed E-state index contributed by atoms with van der Waals surface area (Å²) >= 11 is 3.33. The number of nitrogens with one attached hydrogen (secondary N) is 2. The Kier molecular flexibility index (Phi) is 6.19. The fraction of sp³-hybridized carbons (Fsp3) is 0.571. The smallest absolute Gasteiger partial charge is 0.242 e. The van der Waals surface area contributed by atoms with E-state index in [4.69, 9.17) is 4.74 Å². The molecule has 21 heavy (non-hydrogen) atoms. The van der Waals surface area contributed by atoms with Crippen molar-refractivity contribution < 1.29 is 13.2 Å². The van der Waals surface area contributed by atoms with E-state index in [0.29, 0.717) is 30.7 Å². The van der Waals surface area contributed by atoms with E-state index in [1.54, 1.807) is 12.1 Å². The number of hydrogen-bond donors (Lipinski definition) is 2. The molecule has 0 spiro atoms. The van der Waals surface area contributed by atoms with Crippen molar-refractivity contribution in [3.8, 4) is 0 Å². The van der Waals surface area contributed by atoms with E-state index in [1.807, 2.05) is 6.07 Å². The third-order valence-electron chi connectivity index (χ3n) is 3.29. The second-order valence-electron chi connectivity index (χ2n) is 5.12. The number of ether oxygens (including phenoxy) is 1. The third kappa shape index (κ3) is 4.75. The van der Waals surface area contributed by atoms with Crippen LogP contribution < -0.4 is 10.0 Å². The quantitative estimate of drug-likeness (QED) is 0.714. The van der Waals surface area contributed by atoms with E-state index in [2.05, 4.69) is 32.9 Å². The lowest BCUT2D eigenvalue weighted by molar-refractivity contribution is 0.192. The minimum Gasteiger partial charge on any atom is -0.380 e. The molecule has 0 aromatic heterocycles. The zero-order chi connectivity index (χ0) is 15.3. The standard InChI is InChI=1S/C14H21BrN2O3S/c1-2-6-16-9-11-3-4-13(15)14(8-11)21(18,19)17-12-5-7-20-10-12/h3-4,8,12,16-17H,2,5-7,9-10H2,1H3. The molecule has 1 aromatic carbocycles. The van der Waals surface area contributed by atoms with Gasteiger partial charge in [0.2, 0.25) is 10.0 Å².